The molecule has 5 rings (SSSR count). The van der Waals surface area contributed by atoms with Crippen LogP contribution >= 0.6 is 27.3 Å². The fraction of sp³-hybridized carbons (Fsp3) is 0.378. The van der Waals surface area contributed by atoms with Crippen molar-refractivity contribution in [2.75, 3.05) is 13.7 Å². The maximum atomic E-state index is 7.47. The minimum absolute atomic E-state index is 0.0745. The Morgan fingerprint density at radius 1 is 0.932 bits per heavy atom. The van der Waals surface area contributed by atoms with E-state index >= 15 is 0 Å². The minimum atomic E-state index is -2.67. The molecule has 3 heterocycles. The lowest BCUT2D eigenvalue weighted by Crippen LogP contribution is -2.67. The highest BCUT2D eigenvalue weighted by molar-refractivity contribution is 9.11. The molecule has 0 bridgehead atoms. The van der Waals surface area contributed by atoms with Gasteiger partial charge in [0.2, 0.25) is 0 Å². The Kier molecular flexibility index (Phi) is 9.74. The van der Waals surface area contributed by atoms with Crippen molar-refractivity contribution in [2.45, 2.75) is 72.6 Å². The number of rotatable bonds is 11. The average molecular weight is 690 g/mol. The maximum absolute atomic E-state index is 7.47. The van der Waals surface area contributed by atoms with Gasteiger partial charge in [-0.3, -0.25) is 4.98 Å². The van der Waals surface area contributed by atoms with E-state index < -0.39 is 8.32 Å². The van der Waals surface area contributed by atoms with Crippen LogP contribution in [0.2, 0.25) is 5.04 Å². The Labute approximate surface area is 276 Å². The molecule has 0 N–H and O–H groups in total. The summed E-state index contributed by atoms with van der Waals surface area (Å²) in [6.07, 6.45) is 2.62. The molecule has 0 saturated carbocycles. The average Bonchev–Trinajstić information content (AvgIpc) is 3.51. The SMILES string of the molecule is CCn1c(-c2cccnc2[C@H](C)OC)c(CC(C)(C)CO[Si](c2ccccc2)(c2ccccc2)C(C)(C)C)c2cc(Br)sc21. The van der Waals surface area contributed by atoms with Crippen LogP contribution in [-0.4, -0.2) is 31.6 Å². The van der Waals surface area contributed by atoms with Crippen LogP contribution in [0.15, 0.2) is 88.8 Å². The number of hydrogen-bond donors (Lipinski definition) is 0. The lowest BCUT2D eigenvalue weighted by atomic mass is 9.84. The summed E-state index contributed by atoms with van der Waals surface area (Å²) in [6.45, 7) is 17.6. The summed E-state index contributed by atoms with van der Waals surface area (Å²) in [7, 11) is -0.917. The Balaban J connectivity index is 1.62. The summed E-state index contributed by atoms with van der Waals surface area (Å²) in [5, 5.41) is 3.85. The first-order valence-corrected chi connectivity index (χ1v) is 19.0. The predicted octanol–water partition coefficient (Wildman–Crippen LogP) is 9.40. The molecule has 0 aliphatic heterocycles. The van der Waals surface area contributed by atoms with E-state index in [2.05, 4.69) is 142 Å². The van der Waals surface area contributed by atoms with Gasteiger partial charge >= 0.3 is 0 Å². The van der Waals surface area contributed by atoms with Gasteiger partial charge in [0.05, 0.1) is 21.3 Å². The fourth-order valence-electron chi connectivity index (χ4n) is 6.60. The normalized spacial score (nSPS) is 13.5. The number of benzene rings is 2. The Bertz CT molecular complexity index is 1670. The number of pyridine rings is 1. The topological polar surface area (TPSA) is 36.3 Å². The first kappa shape index (κ1) is 32.8. The van der Waals surface area contributed by atoms with Crippen LogP contribution in [0.25, 0.3) is 21.5 Å². The van der Waals surface area contributed by atoms with Gasteiger partial charge in [0.25, 0.3) is 8.32 Å². The number of nitrogens with zero attached hydrogens (tertiary/aromatic N) is 2. The van der Waals surface area contributed by atoms with E-state index in [1.165, 1.54) is 31.8 Å². The van der Waals surface area contributed by atoms with Gasteiger partial charge in [0.1, 0.15) is 4.83 Å². The second kappa shape index (κ2) is 13.0. The van der Waals surface area contributed by atoms with Crippen LogP contribution in [0, 0.1) is 5.41 Å². The van der Waals surface area contributed by atoms with Gasteiger partial charge in [-0.05, 0) is 80.8 Å². The molecule has 0 fully saturated rings. The van der Waals surface area contributed by atoms with Gasteiger partial charge in [-0.2, -0.15) is 0 Å². The van der Waals surface area contributed by atoms with E-state index in [1.54, 1.807) is 18.4 Å². The largest absolute Gasteiger partial charge is 0.407 e. The molecule has 2 aromatic carbocycles. The Morgan fingerprint density at radius 2 is 1.55 bits per heavy atom. The number of aromatic nitrogens is 2. The highest BCUT2D eigenvalue weighted by Gasteiger charge is 2.50. The minimum Gasteiger partial charge on any atom is -0.407 e. The van der Waals surface area contributed by atoms with Crippen LogP contribution in [0.5, 0.6) is 0 Å². The van der Waals surface area contributed by atoms with Crippen LogP contribution in [0.3, 0.4) is 0 Å². The van der Waals surface area contributed by atoms with Gasteiger partial charge in [-0.25, -0.2) is 0 Å². The van der Waals surface area contributed by atoms with Crippen molar-refractivity contribution >= 4 is 56.2 Å². The van der Waals surface area contributed by atoms with Gasteiger partial charge in [-0.1, -0.05) is 95.3 Å². The molecule has 1 atom stereocenters. The van der Waals surface area contributed by atoms with Gasteiger partial charge in [0, 0.05) is 37.4 Å². The first-order valence-electron chi connectivity index (χ1n) is 15.5. The Morgan fingerprint density at radius 3 is 2.09 bits per heavy atom. The molecule has 0 amide bonds. The second-order valence-electron chi connectivity index (χ2n) is 13.4. The summed E-state index contributed by atoms with van der Waals surface area (Å²) < 4.78 is 16.9. The Hall–Kier alpha value is -2.55. The van der Waals surface area contributed by atoms with E-state index in [-0.39, 0.29) is 16.6 Å². The summed E-state index contributed by atoms with van der Waals surface area (Å²) >= 11 is 5.59. The van der Waals surface area contributed by atoms with E-state index in [4.69, 9.17) is 14.1 Å². The maximum Gasteiger partial charge on any atom is 0.261 e. The third kappa shape index (κ3) is 6.14. The molecule has 232 valence electrons. The molecule has 0 aliphatic carbocycles. The fourth-order valence-corrected chi connectivity index (χ4v) is 13.0. The third-order valence-corrected chi connectivity index (χ3v) is 15.4. The second-order valence-corrected chi connectivity index (χ2v) is 20.2. The number of hydrogen-bond acceptors (Lipinski definition) is 4. The van der Waals surface area contributed by atoms with Crippen molar-refractivity contribution in [1.29, 1.82) is 0 Å². The molecular formula is C37H45BrN2O2SSi. The van der Waals surface area contributed by atoms with Gasteiger partial charge in [0.15, 0.2) is 0 Å². The number of methoxy groups -OCH3 is 1. The van der Waals surface area contributed by atoms with Crippen LogP contribution < -0.4 is 10.4 Å². The zero-order valence-electron chi connectivity index (χ0n) is 27.3. The quantitative estimate of drug-likeness (QED) is 0.130. The number of halogens is 1. The van der Waals surface area contributed by atoms with Gasteiger partial charge < -0.3 is 13.7 Å². The number of ether oxygens (including phenoxy) is 1. The van der Waals surface area contributed by atoms with Crippen molar-refractivity contribution in [3.63, 3.8) is 0 Å². The van der Waals surface area contributed by atoms with Crippen molar-refractivity contribution in [1.82, 2.24) is 9.55 Å². The summed E-state index contributed by atoms with van der Waals surface area (Å²) in [6, 6.07) is 28.4. The molecule has 0 aliphatic rings. The van der Waals surface area contributed by atoms with E-state index in [1.807, 2.05) is 12.3 Å². The van der Waals surface area contributed by atoms with Crippen molar-refractivity contribution in [2.24, 2.45) is 5.41 Å². The van der Waals surface area contributed by atoms with E-state index in [0.717, 1.165) is 28.0 Å². The molecule has 0 radical (unpaired) electrons. The molecule has 4 nitrogen and oxygen atoms in total. The van der Waals surface area contributed by atoms with E-state index in [0.29, 0.717) is 6.61 Å². The molecule has 7 heteroatoms. The summed E-state index contributed by atoms with van der Waals surface area (Å²) in [4.78, 5) is 6.10. The predicted molar refractivity (Wildman–Crippen MR) is 193 cm³/mol. The molecule has 0 saturated heterocycles. The third-order valence-electron chi connectivity index (χ3n) is 8.71. The molecular weight excluding hydrogens is 644 g/mol. The number of aryl methyl sites for hydroxylation is 1. The monoisotopic (exact) mass is 688 g/mol. The summed E-state index contributed by atoms with van der Waals surface area (Å²) in [5.74, 6) is 0. The smallest absolute Gasteiger partial charge is 0.261 e. The van der Waals surface area contributed by atoms with Crippen LogP contribution in [0.4, 0.5) is 0 Å². The van der Waals surface area contributed by atoms with Crippen molar-refractivity contribution in [3.8, 4) is 11.3 Å². The van der Waals surface area contributed by atoms with Crippen LogP contribution in [-0.2, 0) is 22.1 Å². The number of thiophene rings is 1. The standard InChI is InChI=1S/C37H45BrN2O2SSi/c1-9-40-34(29-21-16-22-39-33(29)26(2)41-8)31(30-23-32(38)43-35(30)40)24-37(6,7)25-42-44(36(3,4)5,27-17-12-10-13-18-27)28-19-14-11-15-20-28/h10-23,26H,9,24-25H2,1-8H3/t26-/m0/s1. The zero-order chi connectivity index (χ0) is 31.7. The molecule has 0 unspecified atom stereocenters. The highest BCUT2D eigenvalue weighted by Crippen LogP contribution is 2.45. The van der Waals surface area contributed by atoms with Gasteiger partial charge in [-0.15, -0.1) is 11.3 Å². The molecule has 0 spiro atoms. The zero-order valence-corrected chi connectivity index (χ0v) is 30.7. The van der Waals surface area contributed by atoms with Crippen molar-refractivity contribution in [3.05, 3.63) is 100 Å². The molecule has 3 aromatic heterocycles. The first-order chi connectivity index (χ1) is 20.9. The lowest BCUT2D eigenvalue weighted by Gasteiger charge is -2.44. The number of fused-ring (bicyclic) bond motifs is 1. The highest BCUT2D eigenvalue weighted by atomic mass is 79.9. The summed E-state index contributed by atoms with van der Waals surface area (Å²) in [5.41, 5.74) is 4.54. The van der Waals surface area contributed by atoms with E-state index in [9.17, 15) is 0 Å². The van der Waals surface area contributed by atoms with Crippen LogP contribution in [0.1, 0.15) is 65.8 Å². The molecule has 5 aromatic rings. The molecule has 44 heavy (non-hydrogen) atoms. The lowest BCUT2D eigenvalue weighted by molar-refractivity contribution is 0.116. The van der Waals surface area contributed by atoms with Crippen molar-refractivity contribution < 1.29 is 9.16 Å².